The molecule has 2 N–H and O–H groups in total. The number of sulfonamides is 1. The van der Waals surface area contributed by atoms with E-state index in [2.05, 4.69) is 10.0 Å². The quantitative estimate of drug-likeness (QED) is 0.479. The smallest absolute Gasteiger partial charge is 0.306 e. The summed E-state index contributed by atoms with van der Waals surface area (Å²) in [6, 6.07) is 4.92. The van der Waals surface area contributed by atoms with E-state index in [0.717, 1.165) is 17.5 Å². The Hall–Kier alpha value is -1.93. The lowest BCUT2D eigenvalue weighted by atomic mass is 10.1. The Morgan fingerprint density at radius 1 is 1.12 bits per heavy atom. The molecule has 7 nitrogen and oxygen atoms in total. The van der Waals surface area contributed by atoms with Gasteiger partial charge >= 0.3 is 5.97 Å². The van der Waals surface area contributed by atoms with E-state index in [-0.39, 0.29) is 30.4 Å². The number of aryl methyl sites for hydroxylation is 2. The molecule has 8 heteroatoms. The lowest BCUT2D eigenvalue weighted by molar-refractivity contribution is -0.148. The zero-order valence-corrected chi connectivity index (χ0v) is 15.7. The minimum absolute atomic E-state index is 0.0382. The number of nitrogens with one attached hydrogen (secondary N) is 2. The average Bonchev–Trinajstić information content (AvgIpc) is 2.57. The number of hydrogen-bond donors (Lipinski definition) is 2. The van der Waals surface area contributed by atoms with Crippen LogP contribution in [0.2, 0.25) is 0 Å². The molecule has 140 valence electrons. The number of carbonyl (C=O) groups is 2. The van der Waals surface area contributed by atoms with Crippen LogP contribution in [-0.2, 0) is 24.3 Å². The maximum atomic E-state index is 12.2. The summed E-state index contributed by atoms with van der Waals surface area (Å²) in [5.74, 6) is -0.873. The van der Waals surface area contributed by atoms with Gasteiger partial charge in [0.2, 0.25) is 10.0 Å². The van der Waals surface area contributed by atoms with Crippen LogP contribution in [0.1, 0.15) is 37.3 Å². The first-order chi connectivity index (χ1) is 11.8. The molecule has 0 saturated heterocycles. The van der Waals surface area contributed by atoms with Crippen molar-refractivity contribution in [2.24, 2.45) is 0 Å². The summed E-state index contributed by atoms with van der Waals surface area (Å²) in [5.41, 5.74) is 1.91. The zero-order valence-electron chi connectivity index (χ0n) is 14.9. The van der Waals surface area contributed by atoms with Gasteiger partial charge in [0.1, 0.15) is 0 Å². The fourth-order valence-electron chi connectivity index (χ4n) is 1.94. The summed E-state index contributed by atoms with van der Waals surface area (Å²) in [6.07, 6.45) is 1.14. The van der Waals surface area contributed by atoms with Crippen LogP contribution in [0.15, 0.2) is 23.1 Å². The maximum absolute atomic E-state index is 12.2. The van der Waals surface area contributed by atoms with Crippen molar-refractivity contribution in [1.29, 1.82) is 0 Å². The molecule has 0 fully saturated rings. The molecule has 1 aromatic rings. The van der Waals surface area contributed by atoms with Gasteiger partial charge < -0.3 is 10.1 Å². The number of hydrogen-bond acceptors (Lipinski definition) is 5. The number of amides is 1. The second-order valence-electron chi connectivity index (χ2n) is 5.76. The van der Waals surface area contributed by atoms with Gasteiger partial charge in [-0.3, -0.25) is 9.59 Å². The fourth-order valence-corrected chi connectivity index (χ4v) is 3.10. The molecule has 1 amide bonds. The Labute approximate surface area is 149 Å². The number of benzene rings is 1. The van der Waals surface area contributed by atoms with Gasteiger partial charge in [0.15, 0.2) is 6.61 Å². The molecule has 0 bridgehead atoms. The Bertz CT molecular complexity index is 701. The second kappa shape index (κ2) is 10.1. The van der Waals surface area contributed by atoms with E-state index >= 15 is 0 Å². The molecule has 0 heterocycles. The van der Waals surface area contributed by atoms with Gasteiger partial charge in [0.05, 0.1) is 4.90 Å². The molecule has 0 aliphatic carbocycles. The van der Waals surface area contributed by atoms with Crippen LogP contribution < -0.4 is 10.0 Å². The van der Waals surface area contributed by atoms with Crippen LogP contribution in [0.3, 0.4) is 0 Å². The normalized spacial score (nSPS) is 11.2. The van der Waals surface area contributed by atoms with Crippen LogP contribution in [0.25, 0.3) is 0 Å². The second-order valence-corrected chi connectivity index (χ2v) is 7.52. The molecule has 25 heavy (non-hydrogen) atoms. The molecule has 0 saturated carbocycles. The SMILES string of the molecule is CCCNC(=O)COC(=O)CCCNS(=O)(=O)c1ccc(C)c(C)c1. The topological polar surface area (TPSA) is 102 Å². The number of esters is 1. The van der Waals surface area contributed by atoms with Crippen LogP contribution in [-0.4, -0.2) is 40.0 Å². The molecule has 0 aromatic heterocycles. The van der Waals surface area contributed by atoms with Gasteiger partial charge in [-0.1, -0.05) is 13.0 Å². The third kappa shape index (κ3) is 7.66. The standard InChI is InChI=1S/C17H26N2O5S/c1-4-9-18-16(20)12-24-17(21)6-5-10-19-25(22,23)15-8-7-13(2)14(3)11-15/h7-8,11,19H,4-6,9-10,12H2,1-3H3,(H,18,20). The van der Waals surface area contributed by atoms with Gasteiger partial charge in [-0.2, -0.15) is 0 Å². The molecule has 0 atom stereocenters. The summed E-state index contributed by atoms with van der Waals surface area (Å²) in [6.45, 7) is 6.02. The highest BCUT2D eigenvalue weighted by molar-refractivity contribution is 7.89. The van der Waals surface area contributed by atoms with Crippen molar-refractivity contribution in [1.82, 2.24) is 10.0 Å². The first-order valence-corrected chi connectivity index (χ1v) is 9.74. The zero-order chi connectivity index (χ0) is 18.9. The summed E-state index contributed by atoms with van der Waals surface area (Å²) >= 11 is 0. The number of rotatable bonds is 10. The van der Waals surface area contributed by atoms with Crippen molar-refractivity contribution < 1.29 is 22.7 Å². The molecule has 1 aromatic carbocycles. The number of carbonyl (C=O) groups excluding carboxylic acids is 2. The molecule has 0 aliphatic rings. The van der Waals surface area contributed by atoms with E-state index in [1.807, 2.05) is 20.8 Å². The van der Waals surface area contributed by atoms with Gasteiger partial charge in [-0.25, -0.2) is 13.1 Å². The molecule has 0 aliphatic heterocycles. The third-order valence-corrected chi connectivity index (χ3v) is 5.03. The summed E-state index contributed by atoms with van der Waals surface area (Å²) < 4.78 is 31.6. The minimum atomic E-state index is -3.60. The van der Waals surface area contributed by atoms with Gasteiger partial charge in [0.25, 0.3) is 5.91 Å². The van der Waals surface area contributed by atoms with E-state index in [1.54, 1.807) is 18.2 Å². The van der Waals surface area contributed by atoms with E-state index < -0.39 is 16.0 Å². The fraction of sp³-hybridized carbons (Fsp3) is 0.529. The summed E-state index contributed by atoms with van der Waals surface area (Å²) in [5, 5.41) is 2.59. The predicted molar refractivity (Wildman–Crippen MR) is 94.6 cm³/mol. The third-order valence-electron chi connectivity index (χ3n) is 3.57. The Balaban J connectivity index is 2.33. The Morgan fingerprint density at radius 3 is 2.48 bits per heavy atom. The van der Waals surface area contributed by atoms with Gasteiger partial charge in [0, 0.05) is 19.5 Å². The highest BCUT2D eigenvalue weighted by Gasteiger charge is 2.14. The highest BCUT2D eigenvalue weighted by atomic mass is 32.2. The average molecular weight is 370 g/mol. The van der Waals surface area contributed by atoms with E-state index in [0.29, 0.717) is 13.0 Å². The van der Waals surface area contributed by atoms with Gasteiger partial charge in [-0.05, 0) is 49.9 Å². The molecule has 1 rings (SSSR count). The van der Waals surface area contributed by atoms with Crippen molar-refractivity contribution >= 4 is 21.9 Å². The van der Waals surface area contributed by atoms with Crippen LogP contribution in [0.4, 0.5) is 0 Å². The van der Waals surface area contributed by atoms with Gasteiger partial charge in [-0.15, -0.1) is 0 Å². The largest absolute Gasteiger partial charge is 0.456 e. The van der Waals surface area contributed by atoms with E-state index in [4.69, 9.17) is 4.74 Å². The van der Waals surface area contributed by atoms with Crippen LogP contribution >= 0.6 is 0 Å². The number of ether oxygens (including phenoxy) is 1. The molecule has 0 spiro atoms. The predicted octanol–water partition coefficient (Wildman–Crippen LogP) is 1.43. The Morgan fingerprint density at radius 2 is 1.84 bits per heavy atom. The van der Waals surface area contributed by atoms with E-state index in [1.165, 1.54) is 0 Å². The molecular weight excluding hydrogens is 344 g/mol. The van der Waals surface area contributed by atoms with Crippen molar-refractivity contribution in [3.05, 3.63) is 29.3 Å². The highest BCUT2D eigenvalue weighted by Crippen LogP contribution is 2.14. The first kappa shape index (κ1) is 21.1. The van der Waals surface area contributed by atoms with Crippen molar-refractivity contribution in [2.45, 2.75) is 44.9 Å². The molecule has 0 radical (unpaired) electrons. The minimum Gasteiger partial charge on any atom is -0.456 e. The summed E-state index contributed by atoms with van der Waals surface area (Å²) in [7, 11) is -3.60. The molecular formula is C17H26N2O5S. The van der Waals surface area contributed by atoms with Crippen molar-refractivity contribution in [3.8, 4) is 0 Å². The maximum Gasteiger partial charge on any atom is 0.306 e. The lowest BCUT2D eigenvalue weighted by Crippen LogP contribution is -2.29. The first-order valence-electron chi connectivity index (χ1n) is 8.25. The monoisotopic (exact) mass is 370 g/mol. The molecule has 0 unspecified atom stereocenters. The van der Waals surface area contributed by atoms with Crippen LogP contribution in [0, 0.1) is 13.8 Å². The van der Waals surface area contributed by atoms with Crippen molar-refractivity contribution in [3.63, 3.8) is 0 Å². The van der Waals surface area contributed by atoms with Crippen molar-refractivity contribution in [2.75, 3.05) is 19.7 Å². The summed E-state index contributed by atoms with van der Waals surface area (Å²) in [4.78, 5) is 23.0. The van der Waals surface area contributed by atoms with E-state index in [9.17, 15) is 18.0 Å². The lowest BCUT2D eigenvalue weighted by Gasteiger charge is -2.09. The van der Waals surface area contributed by atoms with Crippen LogP contribution in [0.5, 0.6) is 0 Å². The Kier molecular flexibility index (Phi) is 8.57.